The topological polar surface area (TPSA) is 94.4 Å². The van der Waals surface area contributed by atoms with Crippen LogP contribution in [0.4, 0.5) is 5.69 Å². The van der Waals surface area contributed by atoms with Gasteiger partial charge < -0.3 is 9.64 Å². The molecule has 1 aliphatic carbocycles. The largest absolute Gasteiger partial charge is 0.464 e. The molecule has 174 valence electrons. The number of benzene rings is 1. The van der Waals surface area contributed by atoms with E-state index in [4.69, 9.17) is 14.8 Å². The number of pyridine rings is 1. The Bertz CT molecular complexity index is 1290. The van der Waals surface area contributed by atoms with Crippen molar-refractivity contribution in [2.45, 2.75) is 43.3 Å². The van der Waals surface area contributed by atoms with Crippen LogP contribution in [0.5, 0.6) is 0 Å². The van der Waals surface area contributed by atoms with Gasteiger partial charge >= 0.3 is 5.97 Å². The molecule has 2 aromatic heterocycles. The summed E-state index contributed by atoms with van der Waals surface area (Å²) in [5.74, 6) is -0.147. The van der Waals surface area contributed by atoms with Gasteiger partial charge in [-0.05, 0) is 43.9 Å². The molecule has 0 bridgehead atoms. The Morgan fingerprint density at radius 3 is 2.36 bits per heavy atom. The average molecular weight is 469 g/mol. The van der Waals surface area contributed by atoms with Gasteiger partial charge in [-0.1, -0.05) is 24.6 Å². The zero-order valence-electron chi connectivity index (χ0n) is 18.9. The number of nitrogens with zero attached hydrogens (tertiary/aromatic N) is 4. The lowest BCUT2D eigenvalue weighted by molar-refractivity contribution is 0.0594. The van der Waals surface area contributed by atoms with Crippen LogP contribution in [0.2, 0.25) is 0 Å². The highest BCUT2D eigenvalue weighted by Crippen LogP contribution is 2.43. The molecule has 33 heavy (non-hydrogen) atoms. The van der Waals surface area contributed by atoms with Crippen molar-refractivity contribution in [1.29, 1.82) is 0 Å². The van der Waals surface area contributed by atoms with Crippen LogP contribution < -0.4 is 4.90 Å². The second-order valence-electron chi connectivity index (χ2n) is 8.99. The fourth-order valence-corrected chi connectivity index (χ4v) is 5.89. The number of methoxy groups -OCH3 is 1. The van der Waals surface area contributed by atoms with Gasteiger partial charge in [-0.15, -0.1) is 0 Å². The van der Waals surface area contributed by atoms with Crippen molar-refractivity contribution in [1.82, 2.24) is 14.8 Å². The summed E-state index contributed by atoms with van der Waals surface area (Å²) in [7, 11) is -1.73. The molecule has 0 atom stereocenters. The Kier molecular flexibility index (Phi) is 5.60. The number of carbonyl (C=O) groups excluding carboxylic acids is 1. The van der Waals surface area contributed by atoms with E-state index in [2.05, 4.69) is 4.90 Å². The number of hydrogen-bond acceptors (Lipinski definition) is 7. The number of rotatable bonds is 5. The van der Waals surface area contributed by atoms with Crippen LogP contribution >= 0.6 is 0 Å². The number of hydrogen-bond donors (Lipinski definition) is 0. The summed E-state index contributed by atoms with van der Waals surface area (Å²) in [6, 6.07) is 11.6. The van der Waals surface area contributed by atoms with Crippen LogP contribution in [0.25, 0.3) is 16.7 Å². The molecular formula is C24H28N4O4S. The SMILES string of the molecule is COC(=O)c1cc(N2CCC(S(C)(=O)=O)CC2)c2c(C3CCC3)nn(-c3ccccc3)c2n1. The number of piperidine rings is 1. The van der Waals surface area contributed by atoms with E-state index in [-0.39, 0.29) is 10.9 Å². The van der Waals surface area contributed by atoms with Gasteiger partial charge in [0.05, 0.1) is 34.8 Å². The predicted molar refractivity (Wildman–Crippen MR) is 127 cm³/mol. The third kappa shape index (κ3) is 3.99. The highest BCUT2D eigenvalue weighted by molar-refractivity contribution is 7.91. The molecule has 3 aromatic rings. The van der Waals surface area contributed by atoms with Crippen molar-refractivity contribution in [3.05, 3.63) is 47.8 Å². The normalized spacial score (nSPS) is 17.8. The van der Waals surface area contributed by atoms with Crippen molar-refractivity contribution in [2.24, 2.45) is 0 Å². The lowest BCUT2D eigenvalue weighted by Crippen LogP contribution is -2.39. The summed E-state index contributed by atoms with van der Waals surface area (Å²) >= 11 is 0. The summed E-state index contributed by atoms with van der Waals surface area (Å²) < 4.78 is 31.0. The minimum atomic E-state index is -3.08. The van der Waals surface area contributed by atoms with Gasteiger partial charge in [0.15, 0.2) is 11.3 Å². The van der Waals surface area contributed by atoms with Crippen molar-refractivity contribution < 1.29 is 17.9 Å². The van der Waals surface area contributed by atoms with Gasteiger partial charge in [0.25, 0.3) is 0 Å². The van der Waals surface area contributed by atoms with Crippen molar-refractivity contribution in [3.8, 4) is 5.69 Å². The van der Waals surface area contributed by atoms with Crippen molar-refractivity contribution >= 4 is 32.5 Å². The fourth-order valence-electron chi connectivity index (χ4n) is 4.82. The van der Waals surface area contributed by atoms with E-state index in [1.807, 2.05) is 35.0 Å². The van der Waals surface area contributed by atoms with Crippen LogP contribution in [0.1, 0.15) is 54.2 Å². The van der Waals surface area contributed by atoms with Crippen LogP contribution in [-0.4, -0.2) is 60.9 Å². The number of esters is 1. The van der Waals surface area contributed by atoms with Gasteiger partial charge in [0, 0.05) is 25.3 Å². The third-order valence-electron chi connectivity index (χ3n) is 6.92. The Labute approximate surface area is 193 Å². The number of ether oxygens (including phenoxy) is 1. The smallest absolute Gasteiger partial charge is 0.356 e. The Hall–Kier alpha value is -2.94. The first kappa shape index (κ1) is 21.9. The predicted octanol–water partition coefficient (Wildman–Crippen LogP) is 3.49. The molecule has 5 rings (SSSR count). The molecule has 2 fully saturated rings. The van der Waals surface area contributed by atoms with Gasteiger partial charge in [-0.25, -0.2) is 22.9 Å². The van der Waals surface area contributed by atoms with E-state index < -0.39 is 15.8 Å². The van der Waals surface area contributed by atoms with E-state index in [0.29, 0.717) is 37.5 Å². The first-order valence-corrected chi connectivity index (χ1v) is 13.3. The molecule has 8 nitrogen and oxygen atoms in total. The summed E-state index contributed by atoms with van der Waals surface area (Å²) in [6.07, 6.45) is 5.76. The van der Waals surface area contributed by atoms with Gasteiger partial charge in [0.1, 0.15) is 9.84 Å². The highest BCUT2D eigenvalue weighted by Gasteiger charge is 2.33. The second kappa shape index (κ2) is 8.44. The molecule has 0 N–H and O–H groups in total. The van der Waals surface area contributed by atoms with Gasteiger partial charge in [0.2, 0.25) is 0 Å². The molecular weight excluding hydrogens is 440 g/mol. The standard InChI is InChI=1S/C24H28N4O4S/c1-32-24(29)19-15-20(27-13-11-18(12-14-27)33(2,30)31)21-22(16-7-6-8-16)26-28(23(21)25-19)17-9-4-3-5-10-17/h3-5,9-10,15-16,18H,6-8,11-14H2,1-2H3. The minimum Gasteiger partial charge on any atom is -0.464 e. The van der Waals surface area contributed by atoms with E-state index in [1.165, 1.54) is 19.8 Å². The van der Waals surface area contributed by atoms with E-state index in [9.17, 15) is 13.2 Å². The average Bonchev–Trinajstić information content (AvgIpc) is 3.16. The van der Waals surface area contributed by atoms with E-state index >= 15 is 0 Å². The maximum absolute atomic E-state index is 12.5. The van der Waals surface area contributed by atoms with Gasteiger partial charge in [-0.2, -0.15) is 5.10 Å². The zero-order chi connectivity index (χ0) is 23.2. The molecule has 9 heteroatoms. The summed E-state index contributed by atoms with van der Waals surface area (Å²) in [5, 5.41) is 5.62. The van der Waals surface area contributed by atoms with Crippen LogP contribution in [0.15, 0.2) is 36.4 Å². The lowest BCUT2D eigenvalue weighted by Gasteiger charge is -2.34. The number of anilines is 1. The maximum atomic E-state index is 12.5. The summed E-state index contributed by atoms with van der Waals surface area (Å²) in [4.78, 5) is 19.4. The van der Waals surface area contributed by atoms with Crippen LogP contribution in [-0.2, 0) is 14.6 Å². The second-order valence-corrected chi connectivity index (χ2v) is 11.3. The van der Waals surface area contributed by atoms with Crippen molar-refractivity contribution in [3.63, 3.8) is 0 Å². The molecule has 0 unspecified atom stereocenters. The Morgan fingerprint density at radius 1 is 1.09 bits per heavy atom. The Balaban J connectivity index is 1.69. The Morgan fingerprint density at radius 2 is 1.79 bits per heavy atom. The van der Waals surface area contributed by atoms with Crippen LogP contribution in [0, 0.1) is 0 Å². The molecule has 1 saturated heterocycles. The highest BCUT2D eigenvalue weighted by atomic mass is 32.2. The quantitative estimate of drug-likeness (QED) is 0.529. The van der Waals surface area contributed by atoms with E-state index in [1.54, 1.807) is 6.07 Å². The number of para-hydroxylation sites is 1. The fraction of sp³-hybridized carbons (Fsp3) is 0.458. The van der Waals surface area contributed by atoms with Gasteiger partial charge in [-0.3, -0.25) is 0 Å². The first-order chi connectivity index (χ1) is 15.9. The first-order valence-electron chi connectivity index (χ1n) is 11.4. The molecule has 0 radical (unpaired) electrons. The monoisotopic (exact) mass is 468 g/mol. The summed E-state index contributed by atoms with van der Waals surface area (Å²) in [5.41, 5.74) is 3.62. The molecule has 3 heterocycles. The number of aromatic nitrogens is 3. The van der Waals surface area contributed by atoms with Crippen LogP contribution in [0.3, 0.4) is 0 Å². The lowest BCUT2D eigenvalue weighted by atomic mass is 9.82. The number of fused-ring (bicyclic) bond motifs is 1. The van der Waals surface area contributed by atoms with Crippen molar-refractivity contribution in [2.75, 3.05) is 31.4 Å². The zero-order valence-corrected chi connectivity index (χ0v) is 19.7. The third-order valence-corrected chi connectivity index (χ3v) is 8.60. The molecule has 0 amide bonds. The maximum Gasteiger partial charge on any atom is 0.356 e. The molecule has 1 saturated carbocycles. The molecule has 1 aliphatic heterocycles. The number of carbonyl (C=O) groups is 1. The van der Waals surface area contributed by atoms with E-state index in [0.717, 1.165) is 35.3 Å². The molecule has 0 spiro atoms. The number of sulfone groups is 1. The molecule has 2 aliphatic rings. The summed E-state index contributed by atoms with van der Waals surface area (Å²) in [6.45, 7) is 1.19. The molecule has 1 aromatic carbocycles. The minimum absolute atomic E-state index is 0.225.